The molecule has 1 aromatic heterocycles. The van der Waals surface area contributed by atoms with Crippen molar-refractivity contribution in [2.24, 2.45) is 0 Å². The van der Waals surface area contributed by atoms with Gasteiger partial charge in [0.2, 0.25) is 5.91 Å². The van der Waals surface area contributed by atoms with Gasteiger partial charge in [0.1, 0.15) is 6.33 Å². The number of aryl methyl sites for hydroxylation is 1. The second-order valence-corrected chi connectivity index (χ2v) is 7.46. The van der Waals surface area contributed by atoms with E-state index in [1.807, 2.05) is 29.7 Å². The molecule has 1 N–H and O–H groups in total. The minimum Gasteiger partial charge on any atom is -0.353 e. The molecule has 1 heterocycles. The van der Waals surface area contributed by atoms with Crippen molar-refractivity contribution in [2.45, 2.75) is 50.2 Å². The molecule has 24 heavy (non-hydrogen) atoms. The van der Waals surface area contributed by atoms with Crippen molar-refractivity contribution in [3.05, 3.63) is 35.1 Å². The molecule has 1 fully saturated rings. The summed E-state index contributed by atoms with van der Waals surface area (Å²) in [6, 6.07) is 6.14. The van der Waals surface area contributed by atoms with E-state index < -0.39 is 0 Å². The standard InChI is InChI=1S/C17H21ClN4OS/c1-12-7-8-14(9-15(12)18)22-11-19-21-17(22)24-10-16(23)20-13-5-3-2-4-6-13/h7-9,11,13H,2-6,10H2,1H3,(H,20,23). The van der Waals surface area contributed by atoms with Crippen molar-refractivity contribution < 1.29 is 4.79 Å². The van der Waals surface area contributed by atoms with E-state index in [9.17, 15) is 4.79 Å². The minimum atomic E-state index is 0.0587. The Morgan fingerprint density at radius 3 is 2.92 bits per heavy atom. The number of hydrogen-bond donors (Lipinski definition) is 1. The van der Waals surface area contributed by atoms with Crippen molar-refractivity contribution in [3.8, 4) is 5.69 Å². The van der Waals surface area contributed by atoms with Crippen LogP contribution in [0.3, 0.4) is 0 Å². The van der Waals surface area contributed by atoms with Crippen LogP contribution in [0.1, 0.15) is 37.7 Å². The molecular formula is C17H21ClN4OS. The number of hydrogen-bond acceptors (Lipinski definition) is 4. The maximum Gasteiger partial charge on any atom is 0.230 e. The highest BCUT2D eigenvalue weighted by molar-refractivity contribution is 7.99. The maximum absolute atomic E-state index is 12.1. The second-order valence-electron chi connectivity index (χ2n) is 6.11. The maximum atomic E-state index is 12.1. The van der Waals surface area contributed by atoms with Crippen molar-refractivity contribution in [3.63, 3.8) is 0 Å². The number of nitrogens with one attached hydrogen (secondary N) is 1. The number of rotatable bonds is 5. The third-order valence-electron chi connectivity index (χ3n) is 4.25. The van der Waals surface area contributed by atoms with Crippen LogP contribution in [0.5, 0.6) is 0 Å². The average Bonchev–Trinajstić information content (AvgIpc) is 3.05. The molecule has 2 aromatic rings. The lowest BCUT2D eigenvalue weighted by atomic mass is 9.95. The topological polar surface area (TPSA) is 59.8 Å². The highest BCUT2D eigenvalue weighted by Gasteiger charge is 2.17. The first kappa shape index (κ1) is 17.3. The Bertz CT molecular complexity index is 712. The SMILES string of the molecule is Cc1ccc(-n2cnnc2SCC(=O)NC2CCCCC2)cc1Cl. The molecule has 0 bridgehead atoms. The largest absolute Gasteiger partial charge is 0.353 e. The van der Waals surface area contributed by atoms with Crippen molar-refractivity contribution in [1.82, 2.24) is 20.1 Å². The summed E-state index contributed by atoms with van der Waals surface area (Å²) in [4.78, 5) is 12.1. The molecule has 1 aromatic carbocycles. The Hall–Kier alpha value is -1.53. The van der Waals surface area contributed by atoms with E-state index >= 15 is 0 Å². The van der Waals surface area contributed by atoms with Crippen LogP contribution in [0.2, 0.25) is 5.02 Å². The Morgan fingerprint density at radius 2 is 2.17 bits per heavy atom. The van der Waals surface area contributed by atoms with Crippen LogP contribution in [0.15, 0.2) is 29.7 Å². The fourth-order valence-electron chi connectivity index (χ4n) is 2.88. The summed E-state index contributed by atoms with van der Waals surface area (Å²) in [5.74, 6) is 0.401. The van der Waals surface area contributed by atoms with Crippen molar-refractivity contribution >= 4 is 29.3 Å². The van der Waals surface area contributed by atoms with Crippen molar-refractivity contribution in [1.29, 1.82) is 0 Å². The summed E-state index contributed by atoms with van der Waals surface area (Å²) < 4.78 is 1.85. The summed E-state index contributed by atoms with van der Waals surface area (Å²) in [7, 11) is 0. The molecule has 0 atom stereocenters. The fraction of sp³-hybridized carbons (Fsp3) is 0.471. The third-order valence-corrected chi connectivity index (χ3v) is 5.60. The summed E-state index contributed by atoms with van der Waals surface area (Å²) in [5, 5.41) is 12.6. The lowest BCUT2D eigenvalue weighted by Crippen LogP contribution is -2.37. The van der Waals surface area contributed by atoms with Gasteiger partial charge in [0.05, 0.1) is 11.4 Å². The number of nitrogens with zero attached hydrogens (tertiary/aromatic N) is 3. The first-order valence-corrected chi connectivity index (χ1v) is 9.58. The van der Waals surface area contributed by atoms with Gasteiger partial charge in [-0.3, -0.25) is 9.36 Å². The van der Waals surface area contributed by atoms with Gasteiger partial charge >= 0.3 is 0 Å². The first-order chi connectivity index (χ1) is 11.6. The zero-order valence-corrected chi connectivity index (χ0v) is 15.2. The number of carbonyl (C=O) groups excluding carboxylic acids is 1. The van der Waals surface area contributed by atoms with Crippen LogP contribution in [-0.2, 0) is 4.79 Å². The lowest BCUT2D eigenvalue weighted by Gasteiger charge is -2.22. The Balaban J connectivity index is 1.61. The van der Waals surface area contributed by atoms with Gasteiger partial charge in [-0.2, -0.15) is 0 Å². The highest BCUT2D eigenvalue weighted by Crippen LogP contribution is 2.24. The molecule has 0 radical (unpaired) electrons. The third kappa shape index (κ3) is 4.30. The van der Waals surface area contributed by atoms with Crippen LogP contribution in [0.25, 0.3) is 5.69 Å². The fourth-order valence-corrected chi connectivity index (χ4v) is 3.79. The number of amides is 1. The van der Waals surface area contributed by atoms with Gasteiger partial charge in [-0.25, -0.2) is 0 Å². The molecule has 0 unspecified atom stereocenters. The van der Waals surface area contributed by atoms with Crippen LogP contribution in [-0.4, -0.2) is 32.5 Å². The summed E-state index contributed by atoms with van der Waals surface area (Å²) in [6.07, 6.45) is 7.52. The molecule has 128 valence electrons. The Morgan fingerprint density at radius 1 is 1.38 bits per heavy atom. The lowest BCUT2D eigenvalue weighted by molar-refractivity contribution is -0.119. The van der Waals surface area contributed by atoms with Crippen molar-refractivity contribution in [2.75, 3.05) is 5.75 Å². The summed E-state index contributed by atoms with van der Waals surface area (Å²) >= 11 is 7.58. The van der Waals surface area contributed by atoms with Gasteiger partial charge < -0.3 is 5.32 Å². The van der Waals surface area contributed by atoms with Gasteiger partial charge in [0.15, 0.2) is 5.16 Å². The van der Waals surface area contributed by atoms with Crippen LogP contribution in [0.4, 0.5) is 0 Å². The predicted molar refractivity (Wildman–Crippen MR) is 96.8 cm³/mol. The number of aromatic nitrogens is 3. The summed E-state index contributed by atoms with van der Waals surface area (Å²) in [6.45, 7) is 1.96. The molecule has 7 heteroatoms. The van der Waals surface area contributed by atoms with E-state index in [4.69, 9.17) is 11.6 Å². The molecule has 1 amide bonds. The Kier molecular flexibility index (Phi) is 5.79. The summed E-state index contributed by atoms with van der Waals surface area (Å²) in [5.41, 5.74) is 1.92. The molecule has 0 aliphatic heterocycles. The average molecular weight is 365 g/mol. The first-order valence-electron chi connectivity index (χ1n) is 8.22. The van der Waals surface area contributed by atoms with E-state index in [-0.39, 0.29) is 5.91 Å². The smallest absolute Gasteiger partial charge is 0.230 e. The van der Waals surface area contributed by atoms with E-state index in [0.717, 1.165) is 24.1 Å². The molecule has 0 saturated heterocycles. The number of carbonyl (C=O) groups is 1. The van der Waals surface area contributed by atoms with E-state index in [2.05, 4.69) is 15.5 Å². The molecule has 1 aliphatic rings. The van der Waals surface area contributed by atoms with Crippen LogP contribution >= 0.6 is 23.4 Å². The van der Waals surface area contributed by atoms with Gasteiger partial charge in [-0.1, -0.05) is 48.7 Å². The van der Waals surface area contributed by atoms with E-state index in [1.165, 1.54) is 31.0 Å². The van der Waals surface area contributed by atoms with Gasteiger partial charge in [-0.05, 0) is 37.5 Å². The quantitative estimate of drug-likeness (QED) is 0.820. The number of benzene rings is 1. The molecule has 0 spiro atoms. The molecular weight excluding hydrogens is 344 g/mol. The zero-order chi connectivity index (χ0) is 16.9. The predicted octanol–water partition coefficient (Wildman–Crippen LogP) is 3.77. The number of halogens is 1. The monoisotopic (exact) mass is 364 g/mol. The zero-order valence-electron chi connectivity index (χ0n) is 13.7. The normalized spacial score (nSPS) is 15.4. The molecule has 3 rings (SSSR count). The molecule has 5 nitrogen and oxygen atoms in total. The molecule has 1 aliphatic carbocycles. The van der Waals surface area contributed by atoms with Gasteiger partial charge in [0, 0.05) is 11.1 Å². The number of thioether (sulfide) groups is 1. The van der Waals surface area contributed by atoms with E-state index in [1.54, 1.807) is 6.33 Å². The highest BCUT2D eigenvalue weighted by atomic mass is 35.5. The van der Waals surface area contributed by atoms with Gasteiger partial charge in [0.25, 0.3) is 0 Å². The minimum absolute atomic E-state index is 0.0587. The second kappa shape index (κ2) is 8.03. The van der Waals surface area contributed by atoms with Crippen LogP contribution in [0, 0.1) is 6.92 Å². The van der Waals surface area contributed by atoms with Gasteiger partial charge in [-0.15, -0.1) is 10.2 Å². The Labute approximate surface area is 151 Å². The van der Waals surface area contributed by atoms with Crippen LogP contribution < -0.4 is 5.32 Å². The molecule has 1 saturated carbocycles. The van der Waals surface area contributed by atoms with E-state index in [0.29, 0.717) is 22.0 Å².